The molecular formula is C16H18FN3O4. The molecule has 3 N–H and O–H groups in total. The Morgan fingerprint density at radius 3 is 2.54 bits per heavy atom. The van der Waals surface area contributed by atoms with Crippen LogP contribution in [0.3, 0.4) is 0 Å². The number of carbonyl (C=O) groups excluding carboxylic acids is 2. The lowest BCUT2D eigenvalue weighted by molar-refractivity contribution is -0.142. The second kappa shape index (κ2) is 9.25. The molecule has 0 aliphatic carbocycles. The van der Waals surface area contributed by atoms with Crippen molar-refractivity contribution in [2.24, 2.45) is 0 Å². The highest BCUT2D eigenvalue weighted by atomic mass is 19.1. The predicted molar refractivity (Wildman–Crippen MR) is 82.1 cm³/mol. The van der Waals surface area contributed by atoms with Crippen LogP contribution in [0.25, 0.3) is 0 Å². The molecule has 24 heavy (non-hydrogen) atoms. The Labute approximate surface area is 138 Å². The highest BCUT2D eigenvalue weighted by molar-refractivity contribution is 5.90. The van der Waals surface area contributed by atoms with E-state index in [0.29, 0.717) is 5.56 Å². The Bertz CT molecular complexity index is 657. The third kappa shape index (κ3) is 6.44. The molecule has 0 aliphatic rings. The van der Waals surface area contributed by atoms with Gasteiger partial charge >= 0.3 is 5.97 Å². The summed E-state index contributed by atoms with van der Waals surface area (Å²) in [6.45, 7) is 1.22. The summed E-state index contributed by atoms with van der Waals surface area (Å²) in [5.74, 6) is -2.94. The molecule has 0 aromatic heterocycles. The van der Waals surface area contributed by atoms with E-state index in [9.17, 15) is 18.8 Å². The standard InChI is InChI=1S/C16H18FN3O4/c1-10(21)19-14(9-11-4-2-5-12(17)8-11)15(22)20-13(16(23)24)6-3-7-18/h2,4-5,8,13-14H,3,6,9H2,1H3,(H,19,21)(H,20,22)(H,23,24)/t13-,14-/m1/s1. The maximum atomic E-state index is 13.2. The van der Waals surface area contributed by atoms with Gasteiger partial charge in [0.05, 0.1) is 6.07 Å². The number of nitrogens with zero attached hydrogens (tertiary/aromatic N) is 1. The molecule has 2 atom stereocenters. The van der Waals surface area contributed by atoms with E-state index in [0.717, 1.165) is 0 Å². The van der Waals surface area contributed by atoms with Gasteiger partial charge in [0.1, 0.15) is 17.9 Å². The van der Waals surface area contributed by atoms with Crippen molar-refractivity contribution in [1.29, 1.82) is 5.26 Å². The fourth-order valence-electron chi connectivity index (χ4n) is 2.09. The monoisotopic (exact) mass is 335 g/mol. The van der Waals surface area contributed by atoms with Gasteiger partial charge in [0, 0.05) is 19.8 Å². The number of halogens is 1. The number of rotatable bonds is 8. The maximum absolute atomic E-state index is 13.2. The lowest BCUT2D eigenvalue weighted by Crippen LogP contribution is -2.52. The van der Waals surface area contributed by atoms with Crippen LogP contribution in [0, 0.1) is 17.1 Å². The molecular weight excluding hydrogens is 317 g/mol. The second-order valence-corrected chi connectivity index (χ2v) is 5.18. The fraction of sp³-hybridized carbons (Fsp3) is 0.375. The van der Waals surface area contributed by atoms with Gasteiger partial charge in [-0.1, -0.05) is 12.1 Å². The summed E-state index contributed by atoms with van der Waals surface area (Å²) < 4.78 is 13.2. The van der Waals surface area contributed by atoms with Crippen LogP contribution in [0.1, 0.15) is 25.3 Å². The van der Waals surface area contributed by atoms with Crippen LogP contribution in [-0.2, 0) is 20.8 Å². The van der Waals surface area contributed by atoms with Crippen LogP contribution < -0.4 is 10.6 Å². The van der Waals surface area contributed by atoms with Gasteiger partial charge in [-0.15, -0.1) is 0 Å². The summed E-state index contributed by atoms with van der Waals surface area (Å²) in [4.78, 5) is 34.7. The van der Waals surface area contributed by atoms with Crippen molar-refractivity contribution in [2.45, 2.75) is 38.3 Å². The SMILES string of the molecule is CC(=O)N[C@H](Cc1cccc(F)c1)C(=O)N[C@H](CCC#N)C(=O)O. The molecule has 128 valence electrons. The van der Waals surface area contributed by atoms with Gasteiger partial charge in [-0.2, -0.15) is 5.26 Å². The average Bonchev–Trinajstić information content (AvgIpc) is 2.49. The number of benzene rings is 1. The van der Waals surface area contributed by atoms with E-state index in [2.05, 4.69) is 10.6 Å². The molecule has 1 rings (SSSR count). The van der Waals surface area contributed by atoms with Gasteiger partial charge in [-0.3, -0.25) is 9.59 Å². The number of hydrogen-bond donors (Lipinski definition) is 3. The lowest BCUT2D eigenvalue weighted by Gasteiger charge is -2.20. The zero-order valence-corrected chi connectivity index (χ0v) is 13.1. The molecule has 0 spiro atoms. The average molecular weight is 335 g/mol. The van der Waals surface area contributed by atoms with E-state index in [-0.39, 0.29) is 19.3 Å². The molecule has 0 saturated carbocycles. The Morgan fingerprint density at radius 1 is 1.29 bits per heavy atom. The van der Waals surface area contributed by atoms with Crippen LogP contribution in [0.5, 0.6) is 0 Å². The van der Waals surface area contributed by atoms with Crippen molar-refractivity contribution in [1.82, 2.24) is 10.6 Å². The van der Waals surface area contributed by atoms with Gasteiger partial charge in [0.15, 0.2) is 0 Å². The minimum absolute atomic E-state index is 0.00770. The maximum Gasteiger partial charge on any atom is 0.326 e. The number of nitriles is 1. The Balaban J connectivity index is 2.85. The van der Waals surface area contributed by atoms with Crippen molar-refractivity contribution >= 4 is 17.8 Å². The molecule has 0 bridgehead atoms. The second-order valence-electron chi connectivity index (χ2n) is 5.18. The molecule has 0 unspecified atom stereocenters. The van der Waals surface area contributed by atoms with E-state index < -0.39 is 35.7 Å². The summed E-state index contributed by atoms with van der Waals surface area (Å²) in [7, 11) is 0. The molecule has 0 heterocycles. The number of carbonyl (C=O) groups is 3. The fourth-order valence-corrected chi connectivity index (χ4v) is 2.09. The lowest BCUT2D eigenvalue weighted by atomic mass is 10.0. The molecule has 0 aliphatic heterocycles. The zero-order chi connectivity index (χ0) is 18.1. The van der Waals surface area contributed by atoms with Gasteiger partial charge in [0.2, 0.25) is 11.8 Å². The first-order valence-corrected chi connectivity index (χ1v) is 7.25. The van der Waals surface area contributed by atoms with Crippen LogP contribution >= 0.6 is 0 Å². The van der Waals surface area contributed by atoms with Crippen molar-refractivity contribution in [3.8, 4) is 6.07 Å². The van der Waals surface area contributed by atoms with Crippen molar-refractivity contribution < 1.29 is 23.9 Å². The largest absolute Gasteiger partial charge is 0.480 e. The summed E-state index contributed by atoms with van der Waals surface area (Å²) in [6.07, 6.45) is -0.0793. The molecule has 7 nitrogen and oxygen atoms in total. The third-order valence-corrected chi connectivity index (χ3v) is 3.18. The van der Waals surface area contributed by atoms with E-state index in [1.54, 1.807) is 6.07 Å². The number of hydrogen-bond acceptors (Lipinski definition) is 4. The van der Waals surface area contributed by atoms with Gasteiger partial charge in [-0.05, 0) is 24.1 Å². The highest BCUT2D eigenvalue weighted by Crippen LogP contribution is 2.08. The molecule has 0 radical (unpaired) electrons. The first kappa shape index (κ1) is 19.1. The third-order valence-electron chi connectivity index (χ3n) is 3.18. The number of carboxylic acid groups (broad SMARTS) is 1. The van der Waals surface area contributed by atoms with Gasteiger partial charge in [0.25, 0.3) is 0 Å². The number of amides is 2. The van der Waals surface area contributed by atoms with E-state index in [4.69, 9.17) is 10.4 Å². The summed E-state index contributed by atoms with van der Waals surface area (Å²) >= 11 is 0. The quantitative estimate of drug-likeness (QED) is 0.647. The minimum Gasteiger partial charge on any atom is -0.480 e. The van der Waals surface area contributed by atoms with Crippen LogP contribution in [0.4, 0.5) is 4.39 Å². The van der Waals surface area contributed by atoms with Gasteiger partial charge in [-0.25, -0.2) is 9.18 Å². The first-order valence-electron chi connectivity index (χ1n) is 7.25. The smallest absolute Gasteiger partial charge is 0.326 e. The van der Waals surface area contributed by atoms with Crippen LogP contribution in [0.2, 0.25) is 0 Å². The van der Waals surface area contributed by atoms with Crippen molar-refractivity contribution in [2.75, 3.05) is 0 Å². The molecule has 8 heteroatoms. The van der Waals surface area contributed by atoms with E-state index in [1.807, 2.05) is 6.07 Å². The normalized spacial score (nSPS) is 12.5. The Hall–Kier alpha value is -2.95. The molecule has 1 aromatic carbocycles. The topological polar surface area (TPSA) is 119 Å². The molecule has 1 aromatic rings. The number of nitrogens with one attached hydrogen (secondary N) is 2. The number of aliphatic carboxylic acids is 1. The highest BCUT2D eigenvalue weighted by Gasteiger charge is 2.26. The zero-order valence-electron chi connectivity index (χ0n) is 13.1. The van der Waals surface area contributed by atoms with E-state index in [1.165, 1.54) is 25.1 Å². The van der Waals surface area contributed by atoms with Crippen molar-refractivity contribution in [3.63, 3.8) is 0 Å². The van der Waals surface area contributed by atoms with E-state index >= 15 is 0 Å². The Kier molecular flexibility index (Phi) is 7.36. The van der Waals surface area contributed by atoms with Crippen LogP contribution in [-0.4, -0.2) is 35.0 Å². The first-order chi connectivity index (χ1) is 11.3. The summed E-state index contributed by atoms with van der Waals surface area (Å²) in [5, 5.41) is 22.3. The molecule has 0 saturated heterocycles. The Morgan fingerprint density at radius 2 is 2.00 bits per heavy atom. The molecule has 0 fully saturated rings. The van der Waals surface area contributed by atoms with Crippen molar-refractivity contribution in [3.05, 3.63) is 35.6 Å². The predicted octanol–water partition coefficient (Wildman–Crippen LogP) is 0.746. The van der Waals surface area contributed by atoms with Gasteiger partial charge < -0.3 is 15.7 Å². The van der Waals surface area contributed by atoms with Crippen LogP contribution in [0.15, 0.2) is 24.3 Å². The number of carboxylic acids is 1. The summed E-state index contributed by atoms with van der Waals surface area (Å²) in [6, 6.07) is 5.07. The summed E-state index contributed by atoms with van der Waals surface area (Å²) in [5.41, 5.74) is 0.479. The molecule has 2 amide bonds. The minimum atomic E-state index is -1.27.